The summed E-state index contributed by atoms with van der Waals surface area (Å²) in [7, 11) is 0. The second-order valence-corrected chi connectivity index (χ2v) is 8.35. The van der Waals surface area contributed by atoms with Crippen LogP contribution in [0.5, 0.6) is 5.75 Å². The number of para-hydroxylation sites is 2. The van der Waals surface area contributed by atoms with E-state index >= 15 is 0 Å². The molecule has 0 aliphatic heterocycles. The Morgan fingerprint density at radius 2 is 1.81 bits per heavy atom. The first-order valence-electron chi connectivity index (χ1n) is 10.5. The Morgan fingerprint density at radius 1 is 1.00 bits per heavy atom. The number of benzene rings is 2. The quantitative estimate of drug-likeness (QED) is 0.345. The molecule has 0 aliphatic rings. The standard InChI is InChI=1S/C25H22N4O2S/c1-3-31-20-12-10-19(11-13-20)29-22-9-5-4-8-21(22)27-25(29)32-16-18-15-23(30)28-14-6-7-17(2)24(28)26-18/h4-15H,3,16H2,1-2H3. The van der Waals surface area contributed by atoms with Crippen molar-refractivity contribution in [2.45, 2.75) is 24.8 Å². The van der Waals surface area contributed by atoms with Crippen molar-refractivity contribution < 1.29 is 4.74 Å². The number of nitrogens with zero attached hydrogens (tertiary/aromatic N) is 4. The lowest BCUT2D eigenvalue weighted by atomic mass is 10.2. The van der Waals surface area contributed by atoms with Crippen molar-refractivity contribution in [3.05, 3.63) is 94.5 Å². The number of ether oxygens (including phenoxy) is 1. The molecule has 0 saturated carbocycles. The fraction of sp³-hybridized carbons (Fsp3) is 0.160. The van der Waals surface area contributed by atoms with Gasteiger partial charge in [-0.25, -0.2) is 9.97 Å². The molecule has 5 rings (SSSR count). The highest BCUT2D eigenvalue weighted by atomic mass is 32.2. The van der Waals surface area contributed by atoms with Gasteiger partial charge in [-0.3, -0.25) is 13.8 Å². The van der Waals surface area contributed by atoms with Crippen LogP contribution < -0.4 is 10.3 Å². The Kier molecular flexibility index (Phi) is 5.41. The largest absolute Gasteiger partial charge is 0.494 e. The molecule has 3 heterocycles. The molecule has 32 heavy (non-hydrogen) atoms. The second-order valence-electron chi connectivity index (χ2n) is 7.40. The first kappa shape index (κ1) is 20.3. The van der Waals surface area contributed by atoms with E-state index in [1.54, 1.807) is 28.4 Å². The van der Waals surface area contributed by atoms with Crippen LogP contribution in [-0.4, -0.2) is 25.5 Å². The molecule has 2 aromatic carbocycles. The Bertz CT molecular complexity index is 1470. The summed E-state index contributed by atoms with van der Waals surface area (Å²) in [6.07, 6.45) is 1.75. The lowest BCUT2D eigenvalue weighted by Gasteiger charge is -2.11. The number of hydrogen-bond acceptors (Lipinski definition) is 5. The monoisotopic (exact) mass is 442 g/mol. The number of rotatable bonds is 6. The van der Waals surface area contributed by atoms with E-state index in [0.717, 1.165) is 38.9 Å². The van der Waals surface area contributed by atoms with Crippen molar-refractivity contribution in [3.63, 3.8) is 0 Å². The second kappa shape index (κ2) is 8.51. The first-order valence-corrected chi connectivity index (χ1v) is 11.4. The number of thioether (sulfide) groups is 1. The molecule has 0 fully saturated rings. The van der Waals surface area contributed by atoms with E-state index in [-0.39, 0.29) is 5.56 Å². The molecule has 0 spiro atoms. The molecule has 0 bridgehead atoms. The summed E-state index contributed by atoms with van der Waals surface area (Å²) in [5, 5.41) is 0.849. The minimum Gasteiger partial charge on any atom is -0.494 e. The van der Waals surface area contributed by atoms with Crippen molar-refractivity contribution >= 4 is 28.4 Å². The molecular formula is C25H22N4O2S. The SMILES string of the molecule is CCOc1ccc(-n2c(SCc3cc(=O)n4cccc(C)c4n3)nc3ccccc32)cc1. The summed E-state index contributed by atoms with van der Waals surface area (Å²) in [4.78, 5) is 22.1. The predicted octanol–water partition coefficient (Wildman–Crippen LogP) is 5.03. The van der Waals surface area contributed by atoms with Crippen LogP contribution >= 0.6 is 11.8 Å². The predicted molar refractivity (Wildman–Crippen MR) is 128 cm³/mol. The normalized spacial score (nSPS) is 11.3. The van der Waals surface area contributed by atoms with Gasteiger partial charge in [-0.1, -0.05) is 30.0 Å². The average Bonchev–Trinajstić information content (AvgIpc) is 3.18. The third-order valence-corrected chi connectivity index (χ3v) is 6.20. The maximum Gasteiger partial charge on any atom is 0.258 e. The van der Waals surface area contributed by atoms with E-state index in [0.29, 0.717) is 18.0 Å². The molecule has 6 nitrogen and oxygen atoms in total. The van der Waals surface area contributed by atoms with E-state index in [1.165, 1.54) is 0 Å². The van der Waals surface area contributed by atoms with Crippen molar-refractivity contribution in [2.24, 2.45) is 0 Å². The van der Waals surface area contributed by atoms with Gasteiger partial charge in [0.2, 0.25) is 0 Å². The van der Waals surface area contributed by atoms with Crippen LogP contribution in [-0.2, 0) is 5.75 Å². The van der Waals surface area contributed by atoms with Crippen molar-refractivity contribution in [1.82, 2.24) is 18.9 Å². The van der Waals surface area contributed by atoms with Gasteiger partial charge in [-0.05, 0) is 61.9 Å². The Morgan fingerprint density at radius 3 is 2.62 bits per heavy atom. The number of fused-ring (bicyclic) bond motifs is 2. The van der Waals surface area contributed by atoms with Gasteiger partial charge < -0.3 is 4.74 Å². The number of pyridine rings is 1. The Hall–Kier alpha value is -3.58. The van der Waals surface area contributed by atoms with Gasteiger partial charge in [0.1, 0.15) is 11.4 Å². The van der Waals surface area contributed by atoms with Gasteiger partial charge in [0.15, 0.2) is 5.16 Å². The van der Waals surface area contributed by atoms with Crippen LogP contribution in [0, 0.1) is 6.92 Å². The fourth-order valence-electron chi connectivity index (χ4n) is 3.73. The van der Waals surface area contributed by atoms with E-state index in [1.807, 2.05) is 68.4 Å². The highest BCUT2D eigenvalue weighted by molar-refractivity contribution is 7.98. The molecular weight excluding hydrogens is 420 g/mol. The lowest BCUT2D eigenvalue weighted by Crippen LogP contribution is -2.15. The molecule has 0 amide bonds. The summed E-state index contributed by atoms with van der Waals surface area (Å²) >= 11 is 1.57. The van der Waals surface area contributed by atoms with Crippen LogP contribution in [0.25, 0.3) is 22.4 Å². The summed E-state index contributed by atoms with van der Waals surface area (Å²) in [6.45, 7) is 4.57. The van der Waals surface area contributed by atoms with E-state index in [2.05, 4.69) is 10.6 Å². The van der Waals surface area contributed by atoms with E-state index in [9.17, 15) is 4.79 Å². The van der Waals surface area contributed by atoms with Gasteiger partial charge in [0.25, 0.3) is 5.56 Å². The smallest absolute Gasteiger partial charge is 0.258 e. The number of aryl methyl sites for hydroxylation is 1. The molecule has 160 valence electrons. The minimum atomic E-state index is -0.0747. The lowest BCUT2D eigenvalue weighted by molar-refractivity contribution is 0.340. The van der Waals surface area contributed by atoms with Gasteiger partial charge in [-0.15, -0.1) is 0 Å². The fourth-order valence-corrected chi connectivity index (χ4v) is 4.65. The van der Waals surface area contributed by atoms with Crippen LogP contribution in [0.1, 0.15) is 18.2 Å². The van der Waals surface area contributed by atoms with Crippen LogP contribution in [0.4, 0.5) is 0 Å². The Balaban J connectivity index is 1.52. The average molecular weight is 443 g/mol. The van der Waals surface area contributed by atoms with Gasteiger partial charge in [0, 0.05) is 23.7 Å². The third kappa shape index (κ3) is 3.76. The summed E-state index contributed by atoms with van der Waals surface area (Å²) in [5.74, 6) is 1.38. The molecule has 0 radical (unpaired) electrons. The summed E-state index contributed by atoms with van der Waals surface area (Å²) in [6, 6.07) is 21.5. The highest BCUT2D eigenvalue weighted by Crippen LogP contribution is 2.30. The number of imidazole rings is 1. The zero-order valence-electron chi connectivity index (χ0n) is 17.9. The van der Waals surface area contributed by atoms with Crippen molar-refractivity contribution in [3.8, 4) is 11.4 Å². The Labute approximate surface area is 189 Å². The van der Waals surface area contributed by atoms with Crippen molar-refractivity contribution in [1.29, 1.82) is 0 Å². The van der Waals surface area contributed by atoms with E-state index in [4.69, 9.17) is 14.7 Å². The molecule has 0 aliphatic carbocycles. The highest BCUT2D eigenvalue weighted by Gasteiger charge is 2.14. The number of aromatic nitrogens is 4. The zero-order chi connectivity index (χ0) is 22.1. The van der Waals surface area contributed by atoms with Gasteiger partial charge in [-0.2, -0.15) is 0 Å². The van der Waals surface area contributed by atoms with Gasteiger partial charge >= 0.3 is 0 Å². The maximum atomic E-state index is 12.6. The number of hydrogen-bond donors (Lipinski definition) is 0. The molecule has 7 heteroatoms. The molecule has 3 aromatic heterocycles. The minimum absolute atomic E-state index is 0.0747. The summed E-state index contributed by atoms with van der Waals surface area (Å²) < 4.78 is 9.30. The van der Waals surface area contributed by atoms with E-state index < -0.39 is 0 Å². The molecule has 0 saturated heterocycles. The molecule has 0 unspecified atom stereocenters. The van der Waals surface area contributed by atoms with Crippen LogP contribution in [0.15, 0.2) is 82.9 Å². The topological polar surface area (TPSA) is 61.4 Å². The zero-order valence-corrected chi connectivity index (χ0v) is 18.7. The van der Waals surface area contributed by atoms with Gasteiger partial charge in [0.05, 0.1) is 23.3 Å². The molecule has 5 aromatic rings. The van der Waals surface area contributed by atoms with Crippen molar-refractivity contribution in [2.75, 3.05) is 6.61 Å². The molecule has 0 N–H and O–H groups in total. The summed E-state index contributed by atoms with van der Waals surface area (Å²) in [5.41, 5.74) is 5.28. The third-order valence-electron chi connectivity index (χ3n) is 5.22. The maximum absolute atomic E-state index is 12.6. The van der Waals surface area contributed by atoms with Crippen LogP contribution in [0.3, 0.4) is 0 Å². The van der Waals surface area contributed by atoms with Crippen LogP contribution in [0.2, 0.25) is 0 Å². The first-order chi connectivity index (χ1) is 15.6. The molecule has 0 atom stereocenters.